The third-order valence-corrected chi connectivity index (χ3v) is 4.62. The average molecular weight is 289 g/mol. The molecule has 1 fully saturated rings. The van der Waals surface area contributed by atoms with Crippen LogP contribution in [0.4, 0.5) is 0 Å². The van der Waals surface area contributed by atoms with E-state index in [-0.39, 0.29) is 0 Å². The molecule has 5 heteroatoms. The molecule has 0 aliphatic carbocycles. The Labute approximate surface area is 117 Å². The molecule has 0 amide bonds. The van der Waals surface area contributed by atoms with Crippen molar-refractivity contribution in [3.05, 3.63) is 34.9 Å². The molecular formula is C12H17ClN2S2. The van der Waals surface area contributed by atoms with Crippen molar-refractivity contribution in [2.24, 2.45) is 0 Å². The number of nitrogens with zero attached hydrogens (tertiary/aromatic N) is 2. The minimum Gasteiger partial charge on any atom is -0.300 e. The second-order valence-corrected chi connectivity index (χ2v) is 5.83. The Morgan fingerprint density at radius 3 is 2.35 bits per heavy atom. The molecule has 0 spiro atoms. The van der Waals surface area contributed by atoms with Gasteiger partial charge in [-0.15, -0.1) is 0 Å². The topological polar surface area (TPSA) is 6.48 Å². The minimum atomic E-state index is 0.813. The number of piperazine rings is 1. The Morgan fingerprint density at radius 2 is 1.76 bits per heavy atom. The van der Waals surface area contributed by atoms with E-state index in [4.69, 9.17) is 11.6 Å². The van der Waals surface area contributed by atoms with Gasteiger partial charge in [-0.1, -0.05) is 35.4 Å². The molecule has 1 aliphatic heterocycles. The molecule has 0 N–H and O–H groups in total. The van der Waals surface area contributed by atoms with Crippen molar-refractivity contribution < 1.29 is 0 Å². The van der Waals surface area contributed by atoms with Crippen molar-refractivity contribution in [3.63, 3.8) is 0 Å². The summed E-state index contributed by atoms with van der Waals surface area (Å²) in [6, 6.07) is 8.16. The lowest BCUT2D eigenvalue weighted by molar-refractivity contribution is 0.199. The van der Waals surface area contributed by atoms with Gasteiger partial charge in [0.25, 0.3) is 0 Å². The van der Waals surface area contributed by atoms with Crippen LogP contribution in [0.2, 0.25) is 5.02 Å². The van der Waals surface area contributed by atoms with Gasteiger partial charge in [-0.05, 0) is 35.1 Å². The fraction of sp³-hybridized carbons (Fsp3) is 0.500. The summed E-state index contributed by atoms with van der Waals surface area (Å²) in [5.41, 5.74) is 1.36. The first-order chi connectivity index (χ1) is 8.28. The second-order valence-electron chi connectivity index (χ2n) is 4.23. The molecule has 1 saturated heterocycles. The van der Waals surface area contributed by atoms with Gasteiger partial charge >= 0.3 is 0 Å². The van der Waals surface area contributed by atoms with Crippen molar-refractivity contribution in [3.8, 4) is 0 Å². The highest BCUT2D eigenvalue weighted by Gasteiger charge is 2.15. The van der Waals surface area contributed by atoms with Crippen LogP contribution in [-0.2, 0) is 6.42 Å². The summed E-state index contributed by atoms with van der Waals surface area (Å²) >= 11 is 10.1. The van der Waals surface area contributed by atoms with Crippen molar-refractivity contribution in [1.29, 1.82) is 0 Å². The van der Waals surface area contributed by atoms with E-state index in [0.29, 0.717) is 0 Å². The van der Waals surface area contributed by atoms with Crippen molar-refractivity contribution in [2.75, 3.05) is 32.7 Å². The zero-order chi connectivity index (χ0) is 12.1. The molecule has 0 aromatic heterocycles. The molecule has 1 aromatic carbocycles. The molecular weight excluding hydrogens is 272 g/mol. The molecule has 2 nitrogen and oxygen atoms in total. The Kier molecular flexibility index (Phi) is 5.50. The third kappa shape index (κ3) is 4.38. The first kappa shape index (κ1) is 13.6. The Bertz CT molecular complexity index is 337. The largest absolute Gasteiger partial charge is 0.300 e. The van der Waals surface area contributed by atoms with Gasteiger partial charge < -0.3 is 4.90 Å². The van der Waals surface area contributed by atoms with E-state index in [1.54, 1.807) is 11.0 Å². The highest BCUT2D eigenvalue weighted by Crippen LogP contribution is 2.16. The van der Waals surface area contributed by atoms with E-state index in [2.05, 4.69) is 33.0 Å². The van der Waals surface area contributed by atoms with Crippen molar-refractivity contribution in [2.45, 2.75) is 6.42 Å². The van der Waals surface area contributed by atoms with Gasteiger partial charge in [0.1, 0.15) is 0 Å². The van der Waals surface area contributed by atoms with Crippen molar-refractivity contribution in [1.82, 2.24) is 9.21 Å². The summed E-state index contributed by atoms with van der Waals surface area (Å²) in [6.07, 6.45) is 1.10. The summed E-state index contributed by atoms with van der Waals surface area (Å²) in [5.74, 6) is 0. The molecule has 1 heterocycles. The summed E-state index contributed by atoms with van der Waals surface area (Å²) in [4.78, 5) is 2.51. The fourth-order valence-corrected chi connectivity index (χ4v) is 2.92. The number of halogens is 1. The van der Waals surface area contributed by atoms with Crippen LogP contribution in [0.5, 0.6) is 0 Å². The number of hydrogen-bond acceptors (Lipinski definition) is 4. The van der Waals surface area contributed by atoms with Gasteiger partial charge in [0.15, 0.2) is 0 Å². The molecule has 0 atom stereocenters. The first-order valence-electron chi connectivity index (χ1n) is 5.81. The van der Waals surface area contributed by atoms with E-state index in [0.717, 1.165) is 44.2 Å². The Hall–Kier alpha value is 0.130. The number of thiol groups is 1. The molecule has 2 rings (SSSR count). The number of rotatable bonds is 4. The maximum absolute atomic E-state index is 5.87. The van der Waals surface area contributed by atoms with Gasteiger partial charge in [-0.25, -0.2) is 4.31 Å². The Balaban J connectivity index is 1.74. The molecule has 0 radical (unpaired) electrons. The quantitative estimate of drug-likeness (QED) is 0.517. The summed E-state index contributed by atoms with van der Waals surface area (Å²) in [5, 5.41) is 0.813. The second kappa shape index (κ2) is 6.90. The molecule has 94 valence electrons. The van der Waals surface area contributed by atoms with Crippen LogP contribution in [0, 0.1) is 0 Å². The molecule has 0 unspecified atom stereocenters. The molecule has 0 bridgehead atoms. The highest BCUT2D eigenvalue weighted by atomic mass is 35.5. The van der Waals surface area contributed by atoms with Crippen LogP contribution in [0.3, 0.4) is 0 Å². The maximum Gasteiger partial charge on any atom is 0.0406 e. The zero-order valence-corrected chi connectivity index (χ0v) is 12.1. The van der Waals surface area contributed by atoms with E-state index in [1.807, 2.05) is 12.1 Å². The van der Waals surface area contributed by atoms with Crippen LogP contribution in [-0.4, -0.2) is 41.9 Å². The van der Waals surface area contributed by atoms with Gasteiger partial charge in [-0.3, -0.25) is 0 Å². The van der Waals surface area contributed by atoms with Crippen molar-refractivity contribution >= 4 is 34.2 Å². The summed E-state index contributed by atoms with van der Waals surface area (Å²) in [7, 11) is 1.55. The van der Waals surface area contributed by atoms with E-state index >= 15 is 0 Å². The fourth-order valence-electron chi connectivity index (χ4n) is 1.97. The molecule has 1 aromatic rings. The van der Waals surface area contributed by atoms with Crippen LogP contribution in [0.15, 0.2) is 24.3 Å². The smallest absolute Gasteiger partial charge is 0.0406 e. The lowest BCUT2D eigenvalue weighted by Gasteiger charge is -2.32. The van der Waals surface area contributed by atoms with E-state index < -0.39 is 0 Å². The normalized spacial score (nSPS) is 18.5. The van der Waals surface area contributed by atoms with Crippen LogP contribution in [0.1, 0.15) is 5.56 Å². The predicted molar refractivity (Wildman–Crippen MR) is 79.7 cm³/mol. The standard InChI is InChI=1S/C12H17ClN2S2/c13-12-3-1-11(2-4-12)5-6-14-7-9-15(17-16)10-8-14/h1-4,16H,5-10H2. The van der Waals surface area contributed by atoms with E-state index in [1.165, 1.54) is 5.56 Å². The molecule has 17 heavy (non-hydrogen) atoms. The van der Waals surface area contributed by atoms with E-state index in [9.17, 15) is 0 Å². The lowest BCUT2D eigenvalue weighted by Crippen LogP contribution is -2.43. The van der Waals surface area contributed by atoms with Gasteiger partial charge in [0, 0.05) is 37.7 Å². The molecule has 0 saturated carbocycles. The monoisotopic (exact) mass is 288 g/mol. The van der Waals surface area contributed by atoms with Gasteiger partial charge in [0.2, 0.25) is 0 Å². The SMILES string of the molecule is SSN1CCN(CCc2ccc(Cl)cc2)CC1. The zero-order valence-electron chi connectivity index (χ0n) is 9.68. The maximum atomic E-state index is 5.87. The lowest BCUT2D eigenvalue weighted by atomic mass is 10.1. The highest BCUT2D eigenvalue weighted by molar-refractivity contribution is 8.67. The molecule has 1 aliphatic rings. The minimum absolute atomic E-state index is 0.813. The van der Waals surface area contributed by atoms with Crippen LogP contribution in [0.25, 0.3) is 0 Å². The number of benzene rings is 1. The predicted octanol–water partition coefficient (Wildman–Crippen LogP) is 2.99. The third-order valence-electron chi connectivity index (χ3n) is 3.08. The first-order valence-corrected chi connectivity index (χ1v) is 8.01. The van der Waals surface area contributed by atoms with Gasteiger partial charge in [0.05, 0.1) is 0 Å². The average Bonchev–Trinajstić information content (AvgIpc) is 2.39. The van der Waals surface area contributed by atoms with Gasteiger partial charge in [-0.2, -0.15) is 0 Å². The summed E-state index contributed by atoms with van der Waals surface area (Å²) < 4.78 is 2.29. The number of hydrogen-bond donors (Lipinski definition) is 1. The summed E-state index contributed by atoms with van der Waals surface area (Å²) in [6.45, 7) is 5.62. The Morgan fingerprint density at radius 1 is 1.12 bits per heavy atom. The van der Waals surface area contributed by atoms with Crippen LogP contribution < -0.4 is 0 Å². The van der Waals surface area contributed by atoms with Crippen LogP contribution >= 0.6 is 34.2 Å².